The zero-order valence-corrected chi connectivity index (χ0v) is 14.0. The van der Waals surface area contributed by atoms with E-state index in [-0.39, 0.29) is 17.8 Å². The summed E-state index contributed by atoms with van der Waals surface area (Å²) in [6.07, 6.45) is -4.52. The van der Waals surface area contributed by atoms with Gasteiger partial charge < -0.3 is 9.84 Å². The lowest BCUT2D eigenvalue weighted by Gasteiger charge is -2.35. The first-order chi connectivity index (χ1) is 11.9. The van der Waals surface area contributed by atoms with E-state index < -0.39 is 12.6 Å². The Morgan fingerprint density at radius 3 is 2.72 bits per heavy atom. The van der Waals surface area contributed by atoms with Crippen LogP contribution in [0.4, 0.5) is 13.2 Å². The topological polar surface area (TPSA) is 54.2 Å². The van der Waals surface area contributed by atoms with Crippen molar-refractivity contribution in [2.45, 2.75) is 38.5 Å². The summed E-state index contributed by atoms with van der Waals surface area (Å²) >= 11 is 0. The van der Waals surface area contributed by atoms with E-state index in [0.717, 1.165) is 26.1 Å². The summed E-state index contributed by atoms with van der Waals surface area (Å²) in [7, 11) is 0. The Kier molecular flexibility index (Phi) is 5.39. The van der Waals surface area contributed by atoms with Gasteiger partial charge in [-0.1, -0.05) is 36.3 Å². The summed E-state index contributed by atoms with van der Waals surface area (Å²) in [5.41, 5.74) is 2.44. The number of alkyl halides is 3. The molecular formula is C17H21F3N4O. The number of rotatable bonds is 5. The minimum Gasteiger partial charge on any atom is -0.338 e. The van der Waals surface area contributed by atoms with Crippen LogP contribution in [0.1, 0.15) is 35.8 Å². The van der Waals surface area contributed by atoms with Gasteiger partial charge in [-0.05, 0) is 17.5 Å². The number of aromatic nitrogens is 2. The first-order valence-corrected chi connectivity index (χ1v) is 8.36. The van der Waals surface area contributed by atoms with E-state index in [1.54, 1.807) is 0 Å². The maximum Gasteiger partial charge on any atom is 0.396 e. The Bertz CT molecular complexity index is 684. The van der Waals surface area contributed by atoms with Crippen LogP contribution in [0.5, 0.6) is 0 Å². The van der Waals surface area contributed by atoms with E-state index in [4.69, 9.17) is 4.52 Å². The molecule has 0 radical (unpaired) electrons. The normalized spacial score (nSPS) is 19.3. The number of hydrogen-bond donors (Lipinski definition) is 1. The van der Waals surface area contributed by atoms with Crippen LogP contribution < -0.4 is 5.32 Å². The van der Waals surface area contributed by atoms with Gasteiger partial charge in [0.05, 0.1) is 6.54 Å². The summed E-state index contributed by atoms with van der Waals surface area (Å²) in [4.78, 5) is 6.04. The molecule has 5 nitrogen and oxygen atoms in total. The Morgan fingerprint density at radius 2 is 2.04 bits per heavy atom. The summed E-state index contributed by atoms with van der Waals surface area (Å²) in [5, 5.41) is 6.80. The van der Waals surface area contributed by atoms with Crippen LogP contribution in [0, 0.1) is 0 Å². The fourth-order valence-corrected chi connectivity index (χ4v) is 3.02. The molecule has 1 unspecified atom stereocenters. The lowest BCUT2D eigenvalue weighted by Crippen LogP contribution is -2.45. The highest BCUT2D eigenvalue weighted by molar-refractivity contribution is 5.25. The number of hydrogen-bond acceptors (Lipinski definition) is 5. The van der Waals surface area contributed by atoms with Crippen molar-refractivity contribution in [3.8, 4) is 0 Å². The smallest absolute Gasteiger partial charge is 0.338 e. The largest absolute Gasteiger partial charge is 0.396 e. The van der Waals surface area contributed by atoms with Crippen molar-refractivity contribution < 1.29 is 17.7 Å². The maximum absolute atomic E-state index is 12.4. The monoisotopic (exact) mass is 354 g/mol. The van der Waals surface area contributed by atoms with Gasteiger partial charge in [0, 0.05) is 25.7 Å². The minimum atomic E-state index is -4.33. The number of halogens is 3. The molecule has 136 valence electrons. The van der Waals surface area contributed by atoms with Crippen molar-refractivity contribution >= 4 is 0 Å². The summed E-state index contributed by atoms with van der Waals surface area (Å²) in [6.45, 7) is 4.80. The van der Waals surface area contributed by atoms with Gasteiger partial charge in [-0.2, -0.15) is 18.2 Å². The summed E-state index contributed by atoms with van der Waals surface area (Å²) < 4.78 is 42.3. The van der Waals surface area contributed by atoms with E-state index >= 15 is 0 Å². The molecule has 1 aliphatic rings. The molecule has 0 amide bonds. The highest BCUT2D eigenvalue weighted by Gasteiger charge is 2.31. The van der Waals surface area contributed by atoms with Crippen molar-refractivity contribution in [1.82, 2.24) is 20.4 Å². The molecule has 1 atom stereocenters. The molecule has 1 aromatic carbocycles. The third kappa shape index (κ3) is 4.79. The second kappa shape index (κ2) is 7.53. The molecule has 2 aromatic rings. The number of nitrogens with zero attached hydrogens (tertiary/aromatic N) is 3. The van der Waals surface area contributed by atoms with Gasteiger partial charge in [0.15, 0.2) is 5.82 Å². The number of piperazine rings is 1. The molecule has 8 heteroatoms. The van der Waals surface area contributed by atoms with E-state index in [9.17, 15) is 13.2 Å². The van der Waals surface area contributed by atoms with Crippen LogP contribution in [0.2, 0.25) is 0 Å². The molecule has 0 aliphatic carbocycles. The van der Waals surface area contributed by atoms with Crippen LogP contribution in [0.25, 0.3) is 0 Å². The van der Waals surface area contributed by atoms with Crippen molar-refractivity contribution in [2.75, 3.05) is 19.6 Å². The lowest BCUT2D eigenvalue weighted by atomic mass is 10.0. The molecule has 1 fully saturated rings. The van der Waals surface area contributed by atoms with Crippen molar-refractivity contribution in [2.24, 2.45) is 0 Å². The average Bonchev–Trinajstić information content (AvgIpc) is 3.00. The van der Waals surface area contributed by atoms with Crippen LogP contribution in [-0.2, 0) is 19.4 Å². The SMILES string of the molecule is CCc1ccc(C2CNCCN2Cc2nc(CC(F)(F)F)no2)cc1. The summed E-state index contributed by atoms with van der Waals surface area (Å²) in [5.74, 6) is -0.0992. The Labute approximate surface area is 144 Å². The Hall–Kier alpha value is -1.93. The van der Waals surface area contributed by atoms with Crippen LogP contribution >= 0.6 is 0 Å². The fourth-order valence-electron chi connectivity index (χ4n) is 3.02. The highest BCUT2D eigenvalue weighted by Crippen LogP contribution is 2.25. The molecule has 0 spiro atoms. The Balaban J connectivity index is 1.70. The van der Waals surface area contributed by atoms with Gasteiger partial charge in [-0.25, -0.2) is 0 Å². The maximum atomic E-state index is 12.4. The Morgan fingerprint density at radius 1 is 1.28 bits per heavy atom. The van der Waals surface area contributed by atoms with E-state index in [2.05, 4.69) is 51.5 Å². The van der Waals surface area contributed by atoms with E-state index in [1.807, 2.05) is 0 Å². The zero-order chi connectivity index (χ0) is 17.9. The second-order valence-electron chi connectivity index (χ2n) is 6.18. The molecule has 2 heterocycles. The molecule has 1 aliphatic heterocycles. The number of benzene rings is 1. The summed E-state index contributed by atoms with van der Waals surface area (Å²) in [6, 6.07) is 8.54. The van der Waals surface area contributed by atoms with Crippen LogP contribution in [-0.4, -0.2) is 40.9 Å². The van der Waals surface area contributed by atoms with E-state index in [0.29, 0.717) is 6.54 Å². The van der Waals surface area contributed by atoms with Gasteiger partial charge >= 0.3 is 6.18 Å². The van der Waals surface area contributed by atoms with Gasteiger partial charge in [-0.3, -0.25) is 4.90 Å². The van der Waals surface area contributed by atoms with Crippen molar-refractivity contribution in [3.05, 3.63) is 47.1 Å². The van der Waals surface area contributed by atoms with E-state index in [1.165, 1.54) is 11.1 Å². The fraction of sp³-hybridized carbons (Fsp3) is 0.529. The van der Waals surface area contributed by atoms with Crippen molar-refractivity contribution in [3.63, 3.8) is 0 Å². The van der Waals surface area contributed by atoms with Gasteiger partial charge in [0.1, 0.15) is 6.42 Å². The van der Waals surface area contributed by atoms with Gasteiger partial charge in [-0.15, -0.1) is 0 Å². The molecule has 0 bridgehead atoms. The average molecular weight is 354 g/mol. The third-order valence-corrected chi connectivity index (χ3v) is 4.33. The molecular weight excluding hydrogens is 333 g/mol. The minimum absolute atomic E-state index is 0.123. The molecule has 25 heavy (non-hydrogen) atoms. The lowest BCUT2D eigenvalue weighted by molar-refractivity contribution is -0.128. The standard InChI is InChI=1S/C17H21F3N4O/c1-2-12-3-5-13(6-4-12)14-10-21-7-8-24(14)11-16-22-15(23-25-16)9-17(18,19)20/h3-6,14,21H,2,7-11H2,1H3. The predicted octanol–water partition coefficient (Wildman–Crippen LogP) is 2.88. The van der Waals surface area contributed by atoms with Gasteiger partial charge in [0.25, 0.3) is 0 Å². The molecule has 1 N–H and O–H groups in total. The molecule has 1 aromatic heterocycles. The number of nitrogens with one attached hydrogen (secondary N) is 1. The predicted molar refractivity (Wildman–Crippen MR) is 85.9 cm³/mol. The first kappa shape index (κ1) is 17.9. The first-order valence-electron chi connectivity index (χ1n) is 8.36. The third-order valence-electron chi connectivity index (χ3n) is 4.33. The second-order valence-corrected chi connectivity index (χ2v) is 6.18. The quantitative estimate of drug-likeness (QED) is 0.895. The number of aryl methyl sites for hydroxylation is 1. The van der Waals surface area contributed by atoms with Crippen LogP contribution in [0.3, 0.4) is 0 Å². The zero-order valence-electron chi connectivity index (χ0n) is 14.0. The molecule has 3 rings (SSSR count). The molecule has 1 saturated heterocycles. The van der Waals surface area contributed by atoms with Gasteiger partial charge in [0.2, 0.25) is 5.89 Å². The highest BCUT2D eigenvalue weighted by atomic mass is 19.4. The molecule has 0 saturated carbocycles. The van der Waals surface area contributed by atoms with Crippen molar-refractivity contribution in [1.29, 1.82) is 0 Å². The van der Waals surface area contributed by atoms with Crippen LogP contribution in [0.15, 0.2) is 28.8 Å².